The van der Waals surface area contributed by atoms with E-state index >= 15 is 0 Å². The molecule has 100 valence electrons. The maximum atomic E-state index is 11.6. The molecule has 0 N–H and O–H groups in total. The van der Waals surface area contributed by atoms with Gasteiger partial charge in [-0.1, -0.05) is 50.0 Å². The zero-order valence-electron chi connectivity index (χ0n) is 11.8. The van der Waals surface area contributed by atoms with Gasteiger partial charge in [0, 0.05) is 6.54 Å². The number of nitrogens with zero attached hydrogens (tertiary/aromatic N) is 1. The predicted octanol–water partition coefficient (Wildman–Crippen LogP) is 2.89. The topological polar surface area (TPSA) is 29.5 Å². The van der Waals surface area contributed by atoms with Gasteiger partial charge in [0.15, 0.2) is 0 Å². The van der Waals surface area contributed by atoms with Gasteiger partial charge >= 0.3 is 5.97 Å². The highest BCUT2D eigenvalue weighted by molar-refractivity contribution is 6.73. The van der Waals surface area contributed by atoms with Gasteiger partial charge in [-0.15, -0.1) is 0 Å². The van der Waals surface area contributed by atoms with Crippen LogP contribution in [-0.2, 0) is 16.1 Å². The third-order valence-corrected chi connectivity index (χ3v) is 5.00. The Hall–Kier alpha value is -1.13. The lowest BCUT2D eigenvalue weighted by atomic mass is 10.2. The number of hydrogen-bond acceptors (Lipinski definition) is 3. The van der Waals surface area contributed by atoms with E-state index in [4.69, 9.17) is 4.74 Å². The molecule has 0 spiro atoms. The molecule has 0 aliphatic heterocycles. The normalized spacial score (nSPS) is 11.6. The van der Waals surface area contributed by atoms with Gasteiger partial charge in [0.1, 0.15) is 8.24 Å². The second kappa shape index (κ2) is 6.71. The van der Waals surface area contributed by atoms with Gasteiger partial charge in [-0.25, -0.2) is 0 Å². The van der Waals surface area contributed by atoms with E-state index < -0.39 is 8.24 Å². The fraction of sp³-hybridized carbons (Fsp3) is 0.500. The van der Waals surface area contributed by atoms with Crippen LogP contribution in [0.3, 0.4) is 0 Å². The summed E-state index contributed by atoms with van der Waals surface area (Å²) >= 11 is 0. The van der Waals surface area contributed by atoms with E-state index in [0.29, 0.717) is 13.2 Å². The van der Waals surface area contributed by atoms with E-state index in [1.54, 1.807) is 0 Å². The van der Waals surface area contributed by atoms with Crippen LogP contribution in [0, 0.1) is 0 Å². The summed E-state index contributed by atoms with van der Waals surface area (Å²) < 4.78 is 7.31. The summed E-state index contributed by atoms with van der Waals surface area (Å²) in [5, 5.41) is 0. The molecule has 0 radical (unpaired) electrons. The molecule has 0 atom stereocenters. The van der Waals surface area contributed by atoms with Gasteiger partial charge in [-0.3, -0.25) is 4.79 Å². The molecule has 0 saturated carbocycles. The Labute approximate surface area is 111 Å². The number of ether oxygens (including phenoxy) is 1. The number of carbonyl (C=O) groups excluding carboxylic acids is 1. The van der Waals surface area contributed by atoms with Crippen molar-refractivity contribution in [1.82, 2.24) is 4.57 Å². The molecule has 1 aromatic rings. The predicted molar refractivity (Wildman–Crippen MR) is 76.8 cm³/mol. The molecular formula is C14H23NO2Si. The van der Waals surface area contributed by atoms with Crippen LogP contribution in [0.4, 0.5) is 0 Å². The average Bonchev–Trinajstić information content (AvgIpc) is 2.28. The Morgan fingerprint density at radius 3 is 2.33 bits per heavy atom. The minimum Gasteiger partial charge on any atom is -0.465 e. The Kier molecular flexibility index (Phi) is 5.56. The summed E-state index contributed by atoms with van der Waals surface area (Å²) in [4.78, 5) is 11.6. The van der Waals surface area contributed by atoms with Gasteiger partial charge in [-0.2, -0.15) is 0 Å². The number of esters is 1. The van der Waals surface area contributed by atoms with Crippen molar-refractivity contribution in [1.29, 1.82) is 0 Å². The lowest BCUT2D eigenvalue weighted by molar-refractivity contribution is -0.143. The first-order valence-electron chi connectivity index (χ1n) is 6.38. The van der Waals surface area contributed by atoms with Crippen LogP contribution in [0.5, 0.6) is 0 Å². The molecule has 0 aliphatic carbocycles. The Morgan fingerprint density at radius 1 is 1.22 bits per heavy atom. The van der Waals surface area contributed by atoms with Crippen LogP contribution >= 0.6 is 0 Å². The monoisotopic (exact) mass is 265 g/mol. The largest absolute Gasteiger partial charge is 0.465 e. The quantitative estimate of drug-likeness (QED) is 0.585. The number of benzene rings is 1. The minimum atomic E-state index is -1.53. The summed E-state index contributed by atoms with van der Waals surface area (Å²) in [7, 11) is -1.53. The zero-order valence-corrected chi connectivity index (χ0v) is 12.8. The highest BCUT2D eigenvalue weighted by Crippen LogP contribution is 2.14. The lowest BCUT2D eigenvalue weighted by Gasteiger charge is -2.33. The molecule has 0 amide bonds. The molecule has 3 nitrogen and oxygen atoms in total. The van der Waals surface area contributed by atoms with Gasteiger partial charge in [-0.05, 0) is 12.5 Å². The summed E-state index contributed by atoms with van der Waals surface area (Å²) in [6, 6.07) is 10.3. The summed E-state index contributed by atoms with van der Waals surface area (Å²) in [6.45, 7) is 10.2. The standard InChI is InChI=1S/C14H23NO2Si/c1-5-17-14(16)12-15(18(2,3)4)11-13-9-7-6-8-10-13/h6-10H,5,11-12H2,1-4H3. The molecule has 1 aromatic carbocycles. The SMILES string of the molecule is CCOC(=O)CN(Cc1ccccc1)[Si](C)(C)C. The first-order chi connectivity index (χ1) is 8.43. The molecule has 1 rings (SSSR count). The van der Waals surface area contributed by atoms with E-state index in [-0.39, 0.29) is 5.97 Å². The average molecular weight is 265 g/mol. The van der Waals surface area contributed by atoms with Crippen molar-refractivity contribution >= 4 is 14.2 Å². The maximum absolute atomic E-state index is 11.6. The molecule has 0 heterocycles. The van der Waals surface area contributed by atoms with Crippen molar-refractivity contribution in [2.24, 2.45) is 0 Å². The minimum absolute atomic E-state index is 0.129. The van der Waals surface area contributed by atoms with Crippen molar-refractivity contribution < 1.29 is 9.53 Å². The summed E-state index contributed by atoms with van der Waals surface area (Å²) in [5.74, 6) is -0.129. The number of rotatable bonds is 6. The fourth-order valence-corrected chi connectivity index (χ4v) is 2.96. The van der Waals surface area contributed by atoms with Crippen molar-refractivity contribution in [3.63, 3.8) is 0 Å². The highest BCUT2D eigenvalue weighted by atomic mass is 28.3. The van der Waals surface area contributed by atoms with Crippen LogP contribution in [0.2, 0.25) is 19.6 Å². The summed E-state index contributed by atoms with van der Waals surface area (Å²) in [5.41, 5.74) is 1.24. The van der Waals surface area contributed by atoms with Crippen molar-refractivity contribution in [3.8, 4) is 0 Å². The van der Waals surface area contributed by atoms with E-state index in [2.05, 4.69) is 36.3 Å². The molecule has 18 heavy (non-hydrogen) atoms. The van der Waals surface area contributed by atoms with Crippen LogP contribution in [-0.4, -0.2) is 31.9 Å². The second-order valence-corrected chi connectivity index (χ2v) is 10.3. The smallest absolute Gasteiger partial charge is 0.319 e. The first kappa shape index (κ1) is 14.9. The molecule has 0 saturated heterocycles. The molecule has 0 bridgehead atoms. The van der Waals surface area contributed by atoms with E-state index in [1.165, 1.54) is 5.56 Å². The molecule has 0 unspecified atom stereocenters. The van der Waals surface area contributed by atoms with Gasteiger partial charge in [0.2, 0.25) is 0 Å². The molecule has 4 heteroatoms. The zero-order chi connectivity index (χ0) is 13.6. The Balaban J connectivity index is 2.71. The second-order valence-electron chi connectivity index (χ2n) is 5.32. The molecule has 0 aliphatic rings. The summed E-state index contributed by atoms with van der Waals surface area (Å²) in [6.07, 6.45) is 0. The number of hydrogen-bond donors (Lipinski definition) is 0. The molecule has 0 aromatic heterocycles. The van der Waals surface area contributed by atoms with E-state index in [9.17, 15) is 4.79 Å². The third-order valence-electron chi connectivity index (χ3n) is 2.79. The van der Waals surface area contributed by atoms with Crippen molar-refractivity contribution in [3.05, 3.63) is 35.9 Å². The van der Waals surface area contributed by atoms with Crippen LogP contribution < -0.4 is 0 Å². The molecule has 0 fully saturated rings. The first-order valence-corrected chi connectivity index (χ1v) is 9.83. The van der Waals surface area contributed by atoms with Gasteiger partial charge in [0.05, 0.1) is 13.2 Å². The van der Waals surface area contributed by atoms with Crippen LogP contribution in [0.1, 0.15) is 12.5 Å². The Morgan fingerprint density at radius 2 is 1.83 bits per heavy atom. The van der Waals surface area contributed by atoms with Crippen molar-refractivity contribution in [2.45, 2.75) is 33.1 Å². The Bertz CT molecular complexity index is 373. The van der Waals surface area contributed by atoms with Crippen LogP contribution in [0.25, 0.3) is 0 Å². The van der Waals surface area contributed by atoms with E-state index in [1.807, 2.05) is 25.1 Å². The molecular weight excluding hydrogens is 242 g/mol. The lowest BCUT2D eigenvalue weighted by Crippen LogP contribution is -2.48. The third kappa shape index (κ3) is 5.02. The van der Waals surface area contributed by atoms with Crippen LogP contribution in [0.15, 0.2) is 30.3 Å². The van der Waals surface area contributed by atoms with Crippen molar-refractivity contribution in [2.75, 3.05) is 13.2 Å². The van der Waals surface area contributed by atoms with Gasteiger partial charge in [0.25, 0.3) is 0 Å². The van der Waals surface area contributed by atoms with Gasteiger partial charge < -0.3 is 9.30 Å². The van der Waals surface area contributed by atoms with E-state index in [0.717, 1.165) is 6.54 Å². The highest BCUT2D eigenvalue weighted by Gasteiger charge is 2.26. The fourth-order valence-electron chi connectivity index (χ4n) is 1.70. The maximum Gasteiger partial charge on any atom is 0.319 e. The number of carbonyl (C=O) groups is 1.